The second-order valence-corrected chi connectivity index (χ2v) is 20.1. The maximum atomic E-state index is 14.5. The van der Waals surface area contributed by atoms with E-state index >= 15 is 0 Å². The van der Waals surface area contributed by atoms with Gasteiger partial charge in [-0.2, -0.15) is 0 Å². The van der Waals surface area contributed by atoms with Crippen LogP contribution in [0.1, 0.15) is 135 Å². The van der Waals surface area contributed by atoms with Crippen molar-refractivity contribution >= 4 is 53.0 Å². The van der Waals surface area contributed by atoms with Gasteiger partial charge in [-0.3, -0.25) is 43.2 Å². The minimum absolute atomic E-state index is 0.0243. The molecule has 0 unspecified atom stereocenters. The van der Waals surface area contributed by atoms with E-state index < -0.39 is 48.3 Å². The van der Waals surface area contributed by atoms with E-state index in [0.717, 1.165) is 38.5 Å². The third-order valence-electron chi connectivity index (χ3n) is 16.5. The molecule has 17 heteroatoms. The number of amides is 8. The topological polar surface area (TPSA) is 180 Å². The summed E-state index contributed by atoms with van der Waals surface area (Å²) in [6, 6.07) is -5.40. The molecule has 0 aromatic carbocycles. The highest BCUT2D eigenvalue weighted by atomic mass is 16.2. The Balaban J connectivity index is 0.836. The summed E-state index contributed by atoms with van der Waals surface area (Å²) >= 11 is 0. The molecule has 8 heterocycles. The second-order valence-electron chi connectivity index (χ2n) is 20.1. The van der Waals surface area contributed by atoms with Gasteiger partial charge in [0.2, 0.25) is 47.3 Å². The first-order valence-electron chi connectivity index (χ1n) is 24.9. The Morgan fingerprint density at radius 2 is 0.438 bits per heavy atom. The molecule has 0 N–H and O–H groups in total. The van der Waals surface area contributed by atoms with Crippen LogP contribution in [0, 0.1) is 5.92 Å². The molecular weight excluding hydrogens is 821 g/mol. The third-order valence-corrected chi connectivity index (χ3v) is 16.5. The Hall–Kier alpha value is -4.57. The zero-order valence-electron chi connectivity index (χ0n) is 37.7. The predicted octanol–water partition coefficient (Wildman–Crippen LogP) is 1.69. The van der Waals surface area contributed by atoms with Crippen molar-refractivity contribution in [1.29, 1.82) is 0 Å². The van der Waals surface area contributed by atoms with E-state index in [2.05, 4.69) is 0 Å². The average Bonchev–Trinajstić information content (AvgIpc) is 4.17. The van der Waals surface area contributed by atoms with Gasteiger partial charge in [0.05, 0.1) is 6.04 Å². The van der Waals surface area contributed by atoms with Crippen molar-refractivity contribution in [1.82, 2.24) is 39.2 Å². The Bertz CT molecular complexity index is 1910. The number of likely N-dealkylation sites (tertiary alicyclic amines) is 8. The SMILES string of the molecule is CC(=O)[C@@H]1CCCN1C(=O)[C@@H]1CCCN1C(=O)[C@@H]1CCCN1C(=O)[C@@H]1CCCN1C(=O)[C@@H]1CCCN1C(=O)[C@@H]1CCCN1C(=O)[C@@H]1CCCN1C(=O)[C@@H]1CCCN1C(=O)C1CCCC1. The van der Waals surface area contributed by atoms with Crippen molar-refractivity contribution in [2.75, 3.05) is 52.4 Å². The molecule has 8 amide bonds. The van der Waals surface area contributed by atoms with E-state index in [1.165, 1.54) is 6.92 Å². The van der Waals surface area contributed by atoms with Gasteiger partial charge in [-0.25, -0.2) is 0 Å². The Morgan fingerprint density at radius 3 is 0.656 bits per heavy atom. The summed E-state index contributed by atoms with van der Waals surface area (Å²) in [5.74, 6) is -1.68. The highest BCUT2D eigenvalue weighted by molar-refractivity contribution is 5.99. The number of ketones is 1. The molecule has 9 aliphatic rings. The lowest BCUT2D eigenvalue weighted by Crippen LogP contribution is -2.59. The first kappa shape index (κ1) is 44.6. The zero-order chi connectivity index (χ0) is 44.8. The number of carbonyl (C=O) groups excluding carboxylic acids is 9. The van der Waals surface area contributed by atoms with Gasteiger partial charge in [0.15, 0.2) is 5.78 Å². The maximum absolute atomic E-state index is 14.5. The van der Waals surface area contributed by atoms with E-state index in [9.17, 15) is 43.2 Å². The fourth-order valence-corrected chi connectivity index (χ4v) is 13.2. The van der Waals surface area contributed by atoms with E-state index in [1.54, 1.807) is 39.2 Å². The molecule has 8 atom stereocenters. The molecule has 1 aliphatic carbocycles. The second kappa shape index (κ2) is 18.7. The summed E-state index contributed by atoms with van der Waals surface area (Å²) in [7, 11) is 0. The van der Waals surface area contributed by atoms with Crippen molar-refractivity contribution in [3.63, 3.8) is 0 Å². The largest absolute Gasteiger partial charge is 0.331 e. The van der Waals surface area contributed by atoms with Gasteiger partial charge in [-0.1, -0.05) is 12.8 Å². The summed E-state index contributed by atoms with van der Waals surface area (Å²) in [6.07, 6.45) is 13.2. The molecular formula is C47H68N8O9. The fraction of sp³-hybridized carbons (Fsp3) is 0.809. The molecule has 17 nitrogen and oxygen atoms in total. The van der Waals surface area contributed by atoms with Crippen LogP contribution < -0.4 is 0 Å². The van der Waals surface area contributed by atoms with Crippen LogP contribution in [0.2, 0.25) is 0 Å². The fourth-order valence-electron chi connectivity index (χ4n) is 13.2. The quantitative estimate of drug-likeness (QED) is 0.333. The van der Waals surface area contributed by atoms with E-state index in [1.807, 2.05) is 0 Å². The summed E-state index contributed by atoms with van der Waals surface area (Å²) in [5.41, 5.74) is 0. The molecule has 9 fully saturated rings. The summed E-state index contributed by atoms with van der Waals surface area (Å²) in [5, 5.41) is 0. The standard InChI is InChI=1S/C47H68N8O9/c1-30(56)32-14-4-22-48(32)41(58)34-16-6-24-50(34)43(60)36-18-8-26-52(36)45(62)38-20-10-28-54(38)47(64)39-21-11-29-55(39)46(63)37-19-9-27-53(37)44(61)35-17-7-25-51(35)42(59)33-15-5-23-49(33)40(57)31-12-2-3-13-31/h31-39H,2-29H2,1H3/t32-,33-,34-,35-,36-,37-,38-,39-/m0/s1. The van der Waals surface area contributed by atoms with Crippen molar-refractivity contribution in [2.45, 2.75) is 184 Å². The van der Waals surface area contributed by atoms with Gasteiger partial charge >= 0.3 is 0 Å². The van der Waals surface area contributed by atoms with Crippen LogP contribution in [0.15, 0.2) is 0 Å². The van der Waals surface area contributed by atoms with Gasteiger partial charge in [-0.15, -0.1) is 0 Å². The molecule has 64 heavy (non-hydrogen) atoms. The molecule has 0 aromatic heterocycles. The molecule has 0 aromatic rings. The van der Waals surface area contributed by atoms with E-state index in [4.69, 9.17) is 0 Å². The van der Waals surface area contributed by atoms with E-state index in [0.29, 0.717) is 142 Å². The zero-order valence-corrected chi connectivity index (χ0v) is 37.7. The molecule has 0 spiro atoms. The number of hydrogen-bond acceptors (Lipinski definition) is 9. The highest BCUT2D eigenvalue weighted by Gasteiger charge is 2.51. The van der Waals surface area contributed by atoms with Crippen molar-refractivity contribution in [2.24, 2.45) is 5.92 Å². The molecule has 9 rings (SSSR count). The van der Waals surface area contributed by atoms with Crippen LogP contribution in [0.4, 0.5) is 0 Å². The molecule has 8 saturated heterocycles. The van der Waals surface area contributed by atoms with Crippen LogP contribution in [-0.4, -0.2) is 193 Å². The number of nitrogens with zero attached hydrogens (tertiary/aromatic N) is 8. The van der Waals surface area contributed by atoms with Crippen LogP contribution in [0.25, 0.3) is 0 Å². The summed E-state index contributed by atoms with van der Waals surface area (Å²) < 4.78 is 0. The number of carbonyl (C=O) groups is 9. The molecule has 0 bridgehead atoms. The average molecular weight is 889 g/mol. The molecule has 1 saturated carbocycles. The Morgan fingerprint density at radius 1 is 0.250 bits per heavy atom. The van der Waals surface area contributed by atoms with Gasteiger partial charge in [0, 0.05) is 58.3 Å². The summed E-state index contributed by atoms with van der Waals surface area (Å²) in [4.78, 5) is 139. The van der Waals surface area contributed by atoms with Gasteiger partial charge in [0.25, 0.3) is 0 Å². The van der Waals surface area contributed by atoms with E-state index in [-0.39, 0.29) is 59.0 Å². The highest BCUT2D eigenvalue weighted by Crippen LogP contribution is 2.35. The monoisotopic (exact) mass is 889 g/mol. The van der Waals surface area contributed by atoms with Crippen molar-refractivity contribution in [3.8, 4) is 0 Å². The van der Waals surface area contributed by atoms with Gasteiger partial charge in [0.1, 0.15) is 42.3 Å². The lowest BCUT2D eigenvalue weighted by Gasteiger charge is -2.37. The minimum Gasteiger partial charge on any atom is -0.331 e. The molecule has 8 aliphatic heterocycles. The molecule has 0 radical (unpaired) electrons. The Labute approximate surface area is 376 Å². The van der Waals surface area contributed by atoms with Crippen LogP contribution >= 0.6 is 0 Å². The normalized spacial score (nSPS) is 32.2. The lowest BCUT2D eigenvalue weighted by molar-refractivity contribution is -0.155. The van der Waals surface area contributed by atoms with Gasteiger partial charge in [-0.05, 0) is 122 Å². The maximum Gasteiger partial charge on any atom is 0.246 e. The van der Waals surface area contributed by atoms with Crippen molar-refractivity contribution in [3.05, 3.63) is 0 Å². The minimum atomic E-state index is -0.773. The first-order chi connectivity index (χ1) is 31.0. The predicted molar refractivity (Wildman–Crippen MR) is 231 cm³/mol. The number of hydrogen-bond donors (Lipinski definition) is 0. The van der Waals surface area contributed by atoms with Crippen LogP contribution in [0.5, 0.6) is 0 Å². The Kier molecular flexibility index (Phi) is 13.1. The van der Waals surface area contributed by atoms with Gasteiger partial charge < -0.3 is 39.2 Å². The third kappa shape index (κ3) is 8.08. The first-order valence-corrected chi connectivity index (χ1v) is 24.9. The van der Waals surface area contributed by atoms with Crippen molar-refractivity contribution < 1.29 is 43.2 Å². The smallest absolute Gasteiger partial charge is 0.246 e. The lowest BCUT2D eigenvalue weighted by atomic mass is 10.1. The summed E-state index contributed by atoms with van der Waals surface area (Å²) in [6.45, 7) is 4.90. The van der Waals surface area contributed by atoms with Crippen LogP contribution in [-0.2, 0) is 43.2 Å². The van der Waals surface area contributed by atoms with Crippen LogP contribution in [0.3, 0.4) is 0 Å². The molecule has 350 valence electrons. The number of rotatable bonds is 9. The number of Topliss-reactive ketones (excluding diaryl/α,β-unsaturated/α-hetero) is 1.